The van der Waals surface area contributed by atoms with Crippen LogP contribution in [0.4, 0.5) is 5.69 Å². The number of benzene rings is 2. The van der Waals surface area contributed by atoms with Crippen LogP contribution in [0.5, 0.6) is 5.75 Å². The normalized spacial score (nSPS) is 16.0. The number of hydrogen-bond acceptors (Lipinski definition) is 7. The van der Waals surface area contributed by atoms with Gasteiger partial charge in [-0.25, -0.2) is 13.4 Å². The van der Waals surface area contributed by atoms with Gasteiger partial charge in [0.05, 0.1) is 17.3 Å². The number of carbonyl (C=O) groups is 1. The summed E-state index contributed by atoms with van der Waals surface area (Å²) in [5.74, 6) is 1.36. The van der Waals surface area contributed by atoms with Gasteiger partial charge in [-0.3, -0.25) is 9.52 Å². The number of oxazole rings is 1. The Hall–Kier alpha value is -2.72. The van der Waals surface area contributed by atoms with Gasteiger partial charge in [-0.2, -0.15) is 0 Å². The Balaban J connectivity index is 1.46. The van der Waals surface area contributed by atoms with E-state index in [9.17, 15) is 13.2 Å². The number of methoxy groups -OCH3 is 1. The molecular formula is C23H27N3O5S2. The number of piperidine rings is 1. The van der Waals surface area contributed by atoms with Crippen molar-refractivity contribution in [2.45, 2.75) is 42.1 Å². The van der Waals surface area contributed by atoms with Gasteiger partial charge in [-0.05, 0) is 68.1 Å². The van der Waals surface area contributed by atoms with E-state index < -0.39 is 10.0 Å². The molecule has 1 aliphatic heterocycles. The molecule has 0 saturated carbocycles. The Morgan fingerprint density at radius 1 is 1.21 bits per heavy atom. The Morgan fingerprint density at radius 2 is 1.91 bits per heavy atom. The second-order valence-electron chi connectivity index (χ2n) is 8.21. The maximum Gasteiger partial charge on any atom is 0.261 e. The first-order chi connectivity index (χ1) is 15.7. The summed E-state index contributed by atoms with van der Waals surface area (Å²) in [7, 11) is -2.27. The summed E-state index contributed by atoms with van der Waals surface area (Å²) in [6.07, 6.45) is 2.04. The number of thioether (sulfide) groups is 1. The molecule has 8 nitrogen and oxygen atoms in total. The van der Waals surface area contributed by atoms with E-state index in [2.05, 4.69) is 16.6 Å². The van der Waals surface area contributed by atoms with E-state index in [4.69, 9.17) is 9.15 Å². The molecule has 0 radical (unpaired) electrons. The number of nitrogens with one attached hydrogen (secondary N) is 1. The smallest absolute Gasteiger partial charge is 0.261 e. The van der Waals surface area contributed by atoms with Crippen LogP contribution in [0.3, 0.4) is 0 Å². The molecule has 176 valence electrons. The zero-order chi connectivity index (χ0) is 23.6. The molecule has 4 rings (SSSR count). The van der Waals surface area contributed by atoms with E-state index in [0.717, 1.165) is 25.9 Å². The molecule has 10 heteroatoms. The number of hydrogen-bond donors (Lipinski definition) is 1. The Bertz CT molecular complexity index is 1230. The maximum absolute atomic E-state index is 12.8. The van der Waals surface area contributed by atoms with Crippen LogP contribution >= 0.6 is 11.8 Å². The molecule has 33 heavy (non-hydrogen) atoms. The van der Waals surface area contributed by atoms with Crippen molar-refractivity contribution >= 4 is 44.5 Å². The molecule has 0 unspecified atom stereocenters. The summed E-state index contributed by atoms with van der Waals surface area (Å²) in [5.41, 5.74) is 1.31. The number of fused-ring (bicyclic) bond motifs is 1. The lowest BCUT2D eigenvalue weighted by Gasteiger charge is -2.31. The number of amides is 1. The third kappa shape index (κ3) is 5.44. The van der Waals surface area contributed by atoms with Crippen molar-refractivity contribution in [2.24, 2.45) is 5.92 Å². The van der Waals surface area contributed by atoms with Crippen LogP contribution in [0.2, 0.25) is 0 Å². The molecule has 0 aliphatic carbocycles. The van der Waals surface area contributed by atoms with Crippen LogP contribution in [-0.4, -0.2) is 49.7 Å². The molecule has 1 N–H and O–H groups in total. The highest BCUT2D eigenvalue weighted by Crippen LogP contribution is 2.30. The second kappa shape index (κ2) is 9.64. The highest BCUT2D eigenvalue weighted by atomic mass is 32.2. The summed E-state index contributed by atoms with van der Waals surface area (Å²) in [6.45, 7) is 5.61. The lowest BCUT2D eigenvalue weighted by molar-refractivity contribution is -0.131. The van der Waals surface area contributed by atoms with Crippen LogP contribution < -0.4 is 9.46 Å². The molecule has 2 heterocycles. The van der Waals surface area contributed by atoms with Gasteiger partial charge < -0.3 is 14.1 Å². The first kappa shape index (κ1) is 23.4. The molecule has 1 fully saturated rings. The highest BCUT2D eigenvalue weighted by molar-refractivity contribution is 8.00. The number of anilines is 1. The summed E-state index contributed by atoms with van der Waals surface area (Å²) < 4.78 is 39.0. The number of ether oxygens (including phenoxy) is 1. The fourth-order valence-corrected chi connectivity index (χ4v) is 5.58. The average molecular weight is 490 g/mol. The number of rotatable bonds is 7. The van der Waals surface area contributed by atoms with Gasteiger partial charge in [0, 0.05) is 18.8 Å². The van der Waals surface area contributed by atoms with Gasteiger partial charge in [0.25, 0.3) is 15.2 Å². The van der Waals surface area contributed by atoms with E-state index in [1.54, 1.807) is 37.4 Å². The van der Waals surface area contributed by atoms with Crippen molar-refractivity contribution < 1.29 is 22.4 Å². The van der Waals surface area contributed by atoms with Crippen LogP contribution in [0.15, 0.2) is 57.0 Å². The zero-order valence-electron chi connectivity index (χ0n) is 18.8. The average Bonchev–Trinajstić information content (AvgIpc) is 3.21. The Morgan fingerprint density at radius 3 is 2.58 bits per heavy atom. The van der Waals surface area contributed by atoms with Crippen LogP contribution in [0.25, 0.3) is 11.1 Å². The van der Waals surface area contributed by atoms with Crippen molar-refractivity contribution in [1.29, 1.82) is 0 Å². The fourth-order valence-electron chi connectivity index (χ4n) is 3.66. The van der Waals surface area contributed by atoms with E-state index >= 15 is 0 Å². The van der Waals surface area contributed by atoms with Gasteiger partial charge >= 0.3 is 0 Å². The molecule has 1 aliphatic rings. The maximum atomic E-state index is 12.8. The molecule has 1 amide bonds. The van der Waals surface area contributed by atoms with E-state index in [0.29, 0.717) is 33.7 Å². The molecule has 3 aromatic rings. The lowest BCUT2D eigenvalue weighted by atomic mass is 9.99. The summed E-state index contributed by atoms with van der Waals surface area (Å²) in [4.78, 5) is 19.1. The topological polar surface area (TPSA) is 102 Å². The van der Waals surface area contributed by atoms with Crippen molar-refractivity contribution in [1.82, 2.24) is 9.88 Å². The van der Waals surface area contributed by atoms with Crippen molar-refractivity contribution in [3.63, 3.8) is 0 Å². The predicted octanol–water partition coefficient (Wildman–Crippen LogP) is 4.38. The highest BCUT2D eigenvalue weighted by Gasteiger charge is 2.26. The van der Waals surface area contributed by atoms with Crippen molar-refractivity contribution in [3.8, 4) is 5.75 Å². The molecule has 1 atom stereocenters. The van der Waals surface area contributed by atoms with Gasteiger partial charge in [-0.1, -0.05) is 18.7 Å². The van der Waals surface area contributed by atoms with E-state index in [1.165, 1.54) is 23.9 Å². The van der Waals surface area contributed by atoms with Gasteiger partial charge in [0.1, 0.15) is 11.3 Å². The number of carbonyl (C=O) groups excluding carboxylic acids is 1. The Labute approximate surface area is 197 Å². The standard InChI is InChI=1S/C23H27N3O5S2/c1-15-10-12-26(13-11-15)22(27)16(2)32-23-24-20-14-19(8-9-21(20)31-23)33(28,29)25-17-4-6-18(30-3)7-5-17/h4-9,14-16,25H,10-13H2,1-3H3/t16-/m1/s1. The van der Waals surface area contributed by atoms with Gasteiger partial charge in [0.15, 0.2) is 5.58 Å². The zero-order valence-corrected chi connectivity index (χ0v) is 20.4. The molecule has 0 spiro atoms. The number of likely N-dealkylation sites (tertiary alicyclic amines) is 1. The van der Waals surface area contributed by atoms with Crippen molar-refractivity contribution in [2.75, 3.05) is 24.9 Å². The first-order valence-corrected chi connectivity index (χ1v) is 13.1. The van der Waals surface area contributed by atoms with Crippen LogP contribution in [0, 0.1) is 5.92 Å². The largest absolute Gasteiger partial charge is 0.497 e. The van der Waals surface area contributed by atoms with Crippen molar-refractivity contribution in [3.05, 3.63) is 42.5 Å². The third-order valence-electron chi connectivity index (χ3n) is 5.71. The van der Waals surface area contributed by atoms with E-state index in [-0.39, 0.29) is 16.1 Å². The summed E-state index contributed by atoms with van der Waals surface area (Å²) >= 11 is 1.25. The predicted molar refractivity (Wildman–Crippen MR) is 128 cm³/mol. The number of sulfonamides is 1. The number of aromatic nitrogens is 1. The monoisotopic (exact) mass is 489 g/mol. The summed E-state index contributed by atoms with van der Waals surface area (Å²) in [6, 6.07) is 11.1. The van der Waals surface area contributed by atoms with Crippen LogP contribution in [0.1, 0.15) is 26.7 Å². The minimum Gasteiger partial charge on any atom is -0.497 e. The molecule has 2 aromatic carbocycles. The van der Waals surface area contributed by atoms with Gasteiger partial charge in [-0.15, -0.1) is 0 Å². The quantitative estimate of drug-likeness (QED) is 0.492. The molecule has 1 aromatic heterocycles. The van der Waals surface area contributed by atoms with E-state index in [1.807, 2.05) is 11.8 Å². The minimum atomic E-state index is -3.81. The van der Waals surface area contributed by atoms with Gasteiger partial charge in [0.2, 0.25) is 5.91 Å². The minimum absolute atomic E-state index is 0.0705. The second-order valence-corrected chi connectivity index (χ2v) is 11.2. The Kier molecular flexibility index (Phi) is 6.85. The summed E-state index contributed by atoms with van der Waals surface area (Å²) in [5, 5.41) is 0.000277. The third-order valence-corrected chi connectivity index (χ3v) is 8.02. The molecule has 1 saturated heterocycles. The first-order valence-electron chi connectivity index (χ1n) is 10.8. The number of nitrogens with zero attached hydrogens (tertiary/aromatic N) is 2. The molecule has 0 bridgehead atoms. The SMILES string of the molecule is COc1ccc(NS(=O)(=O)c2ccc3oc(S[C@H](C)C(=O)N4CCC(C)CC4)nc3c2)cc1. The fraction of sp³-hybridized carbons (Fsp3) is 0.391. The lowest BCUT2D eigenvalue weighted by Crippen LogP contribution is -2.41. The van der Waals surface area contributed by atoms with Crippen LogP contribution in [-0.2, 0) is 14.8 Å². The molecular weight excluding hydrogens is 462 g/mol.